The summed E-state index contributed by atoms with van der Waals surface area (Å²) >= 11 is 0. The number of carbonyl (C=O) groups is 2. The second-order valence-electron chi connectivity index (χ2n) is 2.76. The molecule has 0 saturated carbocycles. The van der Waals surface area contributed by atoms with Gasteiger partial charge >= 0.3 is 12.1 Å². The lowest BCUT2D eigenvalue weighted by Gasteiger charge is -2.05. The van der Waals surface area contributed by atoms with Crippen LogP contribution in [0.1, 0.15) is 12.5 Å². The summed E-state index contributed by atoms with van der Waals surface area (Å²) in [7, 11) is 0. The number of ether oxygens (including phenoxy) is 1. The molecule has 1 aromatic rings. The molecule has 0 aliphatic carbocycles. The monoisotopic (exact) mass is 209 g/mol. The minimum atomic E-state index is -0.797. The third kappa shape index (κ3) is 4.66. The first-order chi connectivity index (χ1) is 7.18. The molecule has 5 nitrogen and oxygen atoms in total. The van der Waals surface area contributed by atoms with Crippen LogP contribution in [0.25, 0.3) is 0 Å². The zero-order valence-corrected chi connectivity index (χ0v) is 8.23. The summed E-state index contributed by atoms with van der Waals surface area (Å²) in [6.45, 7) is 1.31. The van der Waals surface area contributed by atoms with Crippen LogP contribution in [0.5, 0.6) is 0 Å². The Bertz CT molecular complexity index is 337. The standard InChI is InChI=1S/C10H11NO4/c1-8(12)15-11-10(13)14-7-9-5-3-2-4-6-9/h2-6H,7H2,1H3,(H,11,13). The molecule has 5 heteroatoms. The van der Waals surface area contributed by atoms with Crippen LogP contribution in [0.2, 0.25) is 0 Å². The topological polar surface area (TPSA) is 64.6 Å². The van der Waals surface area contributed by atoms with Crippen molar-refractivity contribution in [1.29, 1.82) is 0 Å². The van der Waals surface area contributed by atoms with Gasteiger partial charge in [-0.1, -0.05) is 30.3 Å². The van der Waals surface area contributed by atoms with Crippen molar-refractivity contribution in [3.63, 3.8) is 0 Å². The Morgan fingerprint density at radius 2 is 1.93 bits per heavy atom. The van der Waals surface area contributed by atoms with E-state index in [1.54, 1.807) is 0 Å². The van der Waals surface area contributed by atoms with Gasteiger partial charge in [-0.15, -0.1) is 5.48 Å². The Labute approximate surface area is 86.9 Å². The summed E-state index contributed by atoms with van der Waals surface area (Å²) in [4.78, 5) is 25.5. The van der Waals surface area contributed by atoms with E-state index in [2.05, 4.69) is 4.84 Å². The molecule has 0 bridgehead atoms. The number of benzene rings is 1. The minimum absolute atomic E-state index is 0.133. The molecule has 1 N–H and O–H groups in total. The van der Waals surface area contributed by atoms with E-state index in [-0.39, 0.29) is 6.61 Å². The molecule has 80 valence electrons. The van der Waals surface area contributed by atoms with Gasteiger partial charge in [-0.25, -0.2) is 4.79 Å². The summed E-state index contributed by atoms with van der Waals surface area (Å²) in [6.07, 6.45) is -0.797. The Hall–Kier alpha value is -2.04. The molecule has 0 radical (unpaired) electrons. The highest BCUT2D eigenvalue weighted by molar-refractivity contribution is 5.71. The molecule has 1 rings (SSSR count). The zero-order valence-electron chi connectivity index (χ0n) is 8.23. The molecule has 0 aliphatic heterocycles. The molecule has 0 atom stereocenters. The smallest absolute Gasteiger partial charge is 0.441 e. The van der Waals surface area contributed by atoms with E-state index in [1.807, 2.05) is 35.8 Å². The second kappa shape index (κ2) is 5.64. The van der Waals surface area contributed by atoms with Gasteiger partial charge in [-0.05, 0) is 5.56 Å². The molecule has 1 aromatic carbocycles. The molecule has 1 amide bonds. The fourth-order valence-electron chi connectivity index (χ4n) is 0.866. The van der Waals surface area contributed by atoms with E-state index in [9.17, 15) is 9.59 Å². The average molecular weight is 209 g/mol. The van der Waals surface area contributed by atoms with Gasteiger partial charge in [-0.3, -0.25) is 4.79 Å². The number of hydroxylamine groups is 1. The van der Waals surface area contributed by atoms with Gasteiger partial charge in [0.1, 0.15) is 6.61 Å². The predicted octanol–water partition coefficient (Wildman–Crippen LogP) is 1.39. The number of rotatable bonds is 2. The van der Waals surface area contributed by atoms with Gasteiger partial charge in [0.05, 0.1) is 0 Å². The van der Waals surface area contributed by atoms with Crippen molar-refractivity contribution in [3.8, 4) is 0 Å². The van der Waals surface area contributed by atoms with Crippen LogP contribution in [0, 0.1) is 0 Å². The summed E-state index contributed by atoms with van der Waals surface area (Å²) in [5.41, 5.74) is 2.70. The third-order valence-electron chi connectivity index (χ3n) is 1.49. The van der Waals surface area contributed by atoms with Gasteiger partial charge < -0.3 is 9.57 Å². The first kappa shape index (κ1) is 11.0. The maximum absolute atomic E-state index is 10.9. The van der Waals surface area contributed by atoms with E-state index in [0.717, 1.165) is 5.56 Å². The van der Waals surface area contributed by atoms with Crippen molar-refractivity contribution in [2.75, 3.05) is 0 Å². The van der Waals surface area contributed by atoms with E-state index in [0.29, 0.717) is 0 Å². The number of nitrogens with one attached hydrogen (secondary N) is 1. The quantitative estimate of drug-likeness (QED) is 0.747. The molecule has 0 unspecified atom stereocenters. The molecular formula is C10H11NO4. The molecule has 0 heterocycles. The summed E-state index contributed by atoms with van der Waals surface area (Å²) < 4.78 is 4.75. The van der Waals surface area contributed by atoms with Crippen LogP contribution >= 0.6 is 0 Å². The highest BCUT2D eigenvalue weighted by Gasteiger charge is 2.03. The Balaban J connectivity index is 2.26. The first-order valence-electron chi connectivity index (χ1n) is 4.32. The largest absolute Gasteiger partial charge is 0.443 e. The van der Waals surface area contributed by atoms with Crippen molar-refractivity contribution in [2.45, 2.75) is 13.5 Å². The first-order valence-corrected chi connectivity index (χ1v) is 4.32. The highest BCUT2D eigenvalue weighted by Crippen LogP contribution is 2.00. The fourth-order valence-corrected chi connectivity index (χ4v) is 0.866. The average Bonchev–Trinajstić information content (AvgIpc) is 2.25. The third-order valence-corrected chi connectivity index (χ3v) is 1.49. The minimum Gasteiger partial charge on any atom is -0.443 e. The van der Waals surface area contributed by atoms with Gasteiger partial charge in [0.25, 0.3) is 0 Å². The molecular weight excluding hydrogens is 198 g/mol. The number of hydrogen-bond donors (Lipinski definition) is 1. The Morgan fingerprint density at radius 1 is 1.27 bits per heavy atom. The van der Waals surface area contributed by atoms with Crippen LogP contribution in [0.15, 0.2) is 30.3 Å². The number of amides is 1. The summed E-state index contributed by atoms with van der Waals surface area (Å²) in [5, 5.41) is 0. The SMILES string of the molecule is CC(=O)ONC(=O)OCc1ccccc1. The predicted molar refractivity (Wildman–Crippen MR) is 51.5 cm³/mol. The number of hydrogen-bond acceptors (Lipinski definition) is 4. The Morgan fingerprint density at radius 3 is 2.53 bits per heavy atom. The van der Waals surface area contributed by atoms with E-state index in [4.69, 9.17) is 4.74 Å². The van der Waals surface area contributed by atoms with Gasteiger partial charge in [0.2, 0.25) is 0 Å². The summed E-state index contributed by atoms with van der Waals surface area (Å²) in [5.74, 6) is -0.605. The maximum Gasteiger partial charge on any atom is 0.441 e. The number of carbonyl (C=O) groups excluding carboxylic acids is 2. The van der Waals surface area contributed by atoms with Crippen molar-refractivity contribution < 1.29 is 19.2 Å². The molecule has 0 fully saturated rings. The van der Waals surface area contributed by atoms with Crippen LogP contribution in [0.4, 0.5) is 4.79 Å². The van der Waals surface area contributed by atoms with Crippen molar-refractivity contribution in [2.24, 2.45) is 0 Å². The van der Waals surface area contributed by atoms with Crippen LogP contribution in [-0.4, -0.2) is 12.1 Å². The van der Waals surface area contributed by atoms with Crippen molar-refractivity contribution >= 4 is 12.1 Å². The highest BCUT2D eigenvalue weighted by atomic mass is 16.7. The van der Waals surface area contributed by atoms with Gasteiger partial charge in [-0.2, -0.15) is 0 Å². The maximum atomic E-state index is 10.9. The summed E-state index contributed by atoms with van der Waals surface area (Å²) in [6, 6.07) is 9.17. The normalized spacial score (nSPS) is 9.13. The van der Waals surface area contributed by atoms with Crippen LogP contribution in [-0.2, 0) is 21.0 Å². The lowest BCUT2D eigenvalue weighted by molar-refractivity contribution is -0.147. The molecule has 0 aromatic heterocycles. The van der Waals surface area contributed by atoms with Gasteiger partial charge in [0, 0.05) is 6.92 Å². The van der Waals surface area contributed by atoms with E-state index in [1.165, 1.54) is 6.92 Å². The van der Waals surface area contributed by atoms with Crippen molar-refractivity contribution in [1.82, 2.24) is 5.48 Å². The molecule has 0 saturated heterocycles. The fraction of sp³-hybridized carbons (Fsp3) is 0.200. The Kier molecular flexibility index (Phi) is 4.15. The van der Waals surface area contributed by atoms with Crippen LogP contribution in [0.3, 0.4) is 0 Å². The van der Waals surface area contributed by atoms with Crippen LogP contribution < -0.4 is 5.48 Å². The van der Waals surface area contributed by atoms with Crippen molar-refractivity contribution in [3.05, 3.63) is 35.9 Å². The van der Waals surface area contributed by atoms with E-state index < -0.39 is 12.1 Å². The van der Waals surface area contributed by atoms with E-state index >= 15 is 0 Å². The lowest BCUT2D eigenvalue weighted by atomic mass is 10.2. The van der Waals surface area contributed by atoms with Gasteiger partial charge in [0.15, 0.2) is 0 Å². The molecule has 0 aliphatic rings. The molecule has 15 heavy (non-hydrogen) atoms. The lowest BCUT2D eigenvalue weighted by Crippen LogP contribution is -2.26. The second-order valence-corrected chi connectivity index (χ2v) is 2.76. The zero-order chi connectivity index (χ0) is 11.1. The molecule has 0 spiro atoms.